The van der Waals surface area contributed by atoms with Crippen LogP contribution < -0.4 is 11.1 Å². The summed E-state index contributed by atoms with van der Waals surface area (Å²) in [5.74, 6) is 1.04. The Kier molecular flexibility index (Phi) is 2.56. The zero-order valence-corrected chi connectivity index (χ0v) is 10.5. The molecule has 0 aliphatic heterocycles. The van der Waals surface area contributed by atoms with Crippen molar-refractivity contribution in [1.29, 1.82) is 0 Å². The first kappa shape index (κ1) is 10.9. The summed E-state index contributed by atoms with van der Waals surface area (Å²) in [7, 11) is 0. The Morgan fingerprint density at radius 1 is 1.22 bits per heavy atom. The molecule has 0 saturated heterocycles. The van der Waals surface area contributed by atoms with Gasteiger partial charge in [0.15, 0.2) is 10.9 Å². The molecule has 1 aromatic carbocycles. The molecule has 0 aliphatic rings. The third kappa shape index (κ3) is 2.10. The van der Waals surface area contributed by atoms with E-state index in [2.05, 4.69) is 39.3 Å². The molecule has 0 atom stereocenters. The summed E-state index contributed by atoms with van der Waals surface area (Å²) in [4.78, 5) is 12.6. The summed E-state index contributed by atoms with van der Waals surface area (Å²) in [5, 5.41) is 3.92. The predicted octanol–water partition coefficient (Wildman–Crippen LogP) is 2.72. The summed E-state index contributed by atoms with van der Waals surface area (Å²) in [6, 6.07) is 6.18. The van der Waals surface area contributed by atoms with Crippen LogP contribution in [-0.4, -0.2) is 15.0 Å². The molecule has 90 valence electrons. The summed E-state index contributed by atoms with van der Waals surface area (Å²) in [5.41, 5.74) is 7.69. The fourth-order valence-electron chi connectivity index (χ4n) is 1.60. The highest BCUT2D eigenvalue weighted by Crippen LogP contribution is 2.28. The maximum Gasteiger partial charge on any atom is 0.189 e. The smallest absolute Gasteiger partial charge is 0.189 e. The van der Waals surface area contributed by atoms with Crippen LogP contribution >= 0.6 is 11.3 Å². The molecule has 0 fully saturated rings. The molecular weight excluding hydrogens is 246 g/mol. The molecule has 0 spiro atoms. The van der Waals surface area contributed by atoms with Crippen molar-refractivity contribution < 1.29 is 0 Å². The van der Waals surface area contributed by atoms with E-state index in [0.29, 0.717) is 11.6 Å². The van der Waals surface area contributed by atoms with Gasteiger partial charge >= 0.3 is 0 Å². The normalized spacial score (nSPS) is 10.7. The van der Waals surface area contributed by atoms with E-state index in [0.717, 1.165) is 15.3 Å². The summed E-state index contributed by atoms with van der Waals surface area (Å²) < 4.78 is 1.15. The molecule has 0 amide bonds. The number of nitrogens with one attached hydrogen (secondary N) is 1. The second-order valence-corrected chi connectivity index (χ2v) is 4.97. The van der Waals surface area contributed by atoms with Gasteiger partial charge in [0.05, 0.1) is 22.6 Å². The van der Waals surface area contributed by atoms with Crippen LogP contribution in [-0.2, 0) is 0 Å². The van der Waals surface area contributed by atoms with E-state index < -0.39 is 0 Å². The van der Waals surface area contributed by atoms with Crippen LogP contribution in [0.15, 0.2) is 30.6 Å². The Hall–Kier alpha value is -2.21. The van der Waals surface area contributed by atoms with Gasteiger partial charge in [0, 0.05) is 0 Å². The lowest BCUT2D eigenvalue weighted by Gasteiger charge is -1.99. The van der Waals surface area contributed by atoms with Crippen molar-refractivity contribution in [2.45, 2.75) is 6.92 Å². The monoisotopic (exact) mass is 257 g/mol. The molecule has 0 bridgehead atoms. The van der Waals surface area contributed by atoms with Crippen LogP contribution in [0.1, 0.15) is 5.56 Å². The molecular formula is C12H11N5S. The zero-order valence-electron chi connectivity index (χ0n) is 9.71. The fourth-order valence-corrected chi connectivity index (χ4v) is 2.57. The van der Waals surface area contributed by atoms with Gasteiger partial charge in [0.2, 0.25) is 0 Å². The maximum absolute atomic E-state index is 5.48. The minimum absolute atomic E-state index is 0.403. The van der Waals surface area contributed by atoms with Crippen molar-refractivity contribution in [2.75, 3.05) is 11.1 Å². The lowest BCUT2D eigenvalue weighted by Crippen LogP contribution is -1.96. The van der Waals surface area contributed by atoms with Gasteiger partial charge in [0.1, 0.15) is 5.82 Å². The van der Waals surface area contributed by atoms with E-state index in [1.54, 1.807) is 17.5 Å². The van der Waals surface area contributed by atoms with E-state index in [9.17, 15) is 0 Å². The molecule has 0 saturated carbocycles. The van der Waals surface area contributed by atoms with Crippen molar-refractivity contribution in [3.05, 3.63) is 36.2 Å². The number of aromatic nitrogens is 3. The number of aryl methyl sites for hydroxylation is 1. The topological polar surface area (TPSA) is 76.7 Å². The van der Waals surface area contributed by atoms with Crippen LogP contribution in [0.3, 0.4) is 0 Å². The Labute approximate surface area is 108 Å². The van der Waals surface area contributed by atoms with Crippen molar-refractivity contribution in [2.24, 2.45) is 0 Å². The third-order valence-corrected chi connectivity index (χ3v) is 3.38. The number of rotatable bonds is 2. The molecule has 2 aromatic heterocycles. The molecule has 3 aromatic rings. The molecule has 2 heterocycles. The van der Waals surface area contributed by atoms with E-state index >= 15 is 0 Å². The van der Waals surface area contributed by atoms with Gasteiger partial charge in [-0.3, -0.25) is 0 Å². The molecule has 0 radical (unpaired) electrons. The second-order valence-electron chi connectivity index (χ2n) is 3.94. The number of thiazole rings is 1. The number of anilines is 3. The first-order valence-corrected chi connectivity index (χ1v) is 6.24. The number of nitrogens with two attached hydrogens (primary N) is 1. The maximum atomic E-state index is 5.48. The predicted molar refractivity (Wildman–Crippen MR) is 74.1 cm³/mol. The van der Waals surface area contributed by atoms with E-state index in [-0.39, 0.29) is 0 Å². The Balaban J connectivity index is 1.92. The lowest BCUT2D eigenvalue weighted by atomic mass is 10.2. The average molecular weight is 257 g/mol. The fraction of sp³-hybridized carbons (Fsp3) is 0.0833. The molecule has 0 aliphatic carbocycles. The Morgan fingerprint density at radius 2 is 2.11 bits per heavy atom. The van der Waals surface area contributed by atoms with Crippen LogP contribution in [0, 0.1) is 6.92 Å². The number of hydrogen-bond acceptors (Lipinski definition) is 6. The number of nitrogens with zero attached hydrogens (tertiary/aromatic N) is 3. The minimum atomic E-state index is 0.403. The molecule has 5 nitrogen and oxygen atoms in total. The van der Waals surface area contributed by atoms with Gasteiger partial charge in [-0.2, -0.15) is 0 Å². The molecule has 6 heteroatoms. The van der Waals surface area contributed by atoms with Gasteiger partial charge in [-0.15, -0.1) is 0 Å². The highest BCUT2D eigenvalue weighted by Gasteiger charge is 2.04. The molecule has 0 unspecified atom stereocenters. The molecule has 18 heavy (non-hydrogen) atoms. The van der Waals surface area contributed by atoms with E-state index in [4.69, 9.17) is 5.73 Å². The zero-order chi connectivity index (χ0) is 12.5. The highest BCUT2D eigenvalue weighted by atomic mass is 32.1. The first-order valence-electron chi connectivity index (χ1n) is 5.42. The highest BCUT2D eigenvalue weighted by molar-refractivity contribution is 7.22. The van der Waals surface area contributed by atoms with Crippen LogP contribution in [0.5, 0.6) is 0 Å². The van der Waals surface area contributed by atoms with Gasteiger partial charge in [-0.1, -0.05) is 17.4 Å². The lowest BCUT2D eigenvalue weighted by molar-refractivity contribution is 1.20. The molecule has 3 N–H and O–H groups in total. The Morgan fingerprint density at radius 3 is 2.89 bits per heavy atom. The number of benzene rings is 1. The van der Waals surface area contributed by atoms with Crippen molar-refractivity contribution in [3.63, 3.8) is 0 Å². The van der Waals surface area contributed by atoms with Gasteiger partial charge < -0.3 is 11.1 Å². The number of hydrogen-bond donors (Lipinski definition) is 2. The third-order valence-electron chi connectivity index (χ3n) is 2.45. The minimum Gasteiger partial charge on any atom is -0.382 e. The van der Waals surface area contributed by atoms with Crippen molar-refractivity contribution >= 4 is 38.3 Å². The van der Waals surface area contributed by atoms with Crippen LogP contribution in [0.4, 0.5) is 16.8 Å². The van der Waals surface area contributed by atoms with Gasteiger partial charge in [-0.25, -0.2) is 15.0 Å². The van der Waals surface area contributed by atoms with E-state index in [1.807, 2.05) is 6.07 Å². The standard InChI is InChI=1S/C12H11N5S/c1-7-2-3-8-9(4-7)18-12(16-8)17-11-6-14-10(13)5-15-11/h2-6H,1H3,(H2,13,14)(H,15,16,17). The second kappa shape index (κ2) is 4.23. The SMILES string of the molecule is Cc1ccc2nc(Nc3cnc(N)cn3)sc2c1. The van der Waals surface area contributed by atoms with Crippen molar-refractivity contribution in [1.82, 2.24) is 15.0 Å². The Bertz CT molecular complexity index is 689. The van der Waals surface area contributed by atoms with Crippen LogP contribution in [0.25, 0.3) is 10.2 Å². The quantitative estimate of drug-likeness (QED) is 0.738. The summed E-state index contributed by atoms with van der Waals surface area (Å²) in [6.45, 7) is 2.07. The van der Waals surface area contributed by atoms with Crippen LogP contribution in [0.2, 0.25) is 0 Å². The number of fused-ring (bicyclic) bond motifs is 1. The summed E-state index contributed by atoms with van der Waals surface area (Å²) in [6.07, 6.45) is 3.10. The summed E-state index contributed by atoms with van der Waals surface area (Å²) >= 11 is 1.59. The first-order chi connectivity index (χ1) is 8.70. The number of nitrogen functional groups attached to an aromatic ring is 1. The average Bonchev–Trinajstić information content (AvgIpc) is 2.73. The largest absolute Gasteiger partial charge is 0.382 e. The van der Waals surface area contributed by atoms with Crippen molar-refractivity contribution in [3.8, 4) is 0 Å². The van der Waals surface area contributed by atoms with E-state index in [1.165, 1.54) is 11.8 Å². The van der Waals surface area contributed by atoms with Gasteiger partial charge in [-0.05, 0) is 24.6 Å². The molecule has 3 rings (SSSR count). The van der Waals surface area contributed by atoms with Gasteiger partial charge in [0.25, 0.3) is 0 Å².